The van der Waals surface area contributed by atoms with E-state index in [-0.39, 0.29) is 5.91 Å². The molecule has 1 aliphatic rings. The van der Waals surface area contributed by atoms with E-state index < -0.39 is 0 Å². The van der Waals surface area contributed by atoms with Crippen LogP contribution in [-0.4, -0.2) is 71.5 Å². The van der Waals surface area contributed by atoms with Gasteiger partial charge in [0.15, 0.2) is 5.96 Å². The van der Waals surface area contributed by atoms with Crippen molar-refractivity contribution in [3.63, 3.8) is 0 Å². The van der Waals surface area contributed by atoms with Crippen LogP contribution in [0.3, 0.4) is 0 Å². The zero-order chi connectivity index (χ0) is 20.6. The van der Waals surface area contributed by atoms with E-state index in [4.69, 9.17) is 0 Å². The average Bonchev–Trinajstić information content (AvgIpc) is 3.08. The van der Waals surface area contributed by atoms with E-state index in [1.807, 2.05) is 18.7 Å². The van der Waals surface area contributed by atoms with Gasteiger partial charge in [0.2, 0.25) is 11.9 Å². The third-order valence-corrected chi connectivity index (χ3v) is 5.81. The van der Waals surface area contributed by atoms with Gasteiger partial charge in [0.05, 0.1) is 17.2 Å². The maximum Gasteiger partial charge on any atom is 0.225 e. The maximum absolute atomic E-state index is 12.5. The second-order valence-electron chi connectivity index (χ2n) is 6.76. The van der Waals surface area contributed by atoms with Crippen LogP contribution in [-0.2, 0) is 11.3 Å². The SMILES string of the molecule is CN=C(NCCC(=O)N1CCN(c2ncccn2)CC1)NCc1sc(C)nc1C. The molecule has 0 spiro atoms. The lowest BCUT2D eigenvalue weighted by Crippen LogP contribution is -2.50. The molecule has 0 bridgehead atoms. The van der Waals surface area contributed by atoms with Crippen LogP contribution in [0.5, 0.6) is 0 Å². The van der Waals surface area contributed by atoms with Crippen LogP contribution in [0, 0.1) is 13.8 Å². The Kier molecular flexibility index (Phi) is 7.34. The van der Waals surface area contributed by atoms with Crippen LogP contribution in [0.2, 0.25) is 0 Å². The second kappa shape index (κ2) is 10.1. The number of aromatic nitrogens is 3. The third kappa shape index (κ3) is 5.86. The van der Waals surface area contributed by atoms with E-state index in [2.05, 4.69) is 35.5 Å². The Morgan fingerprint density at radius 3 is 2.52 bits per heavy atom. The number of thiazole rings is 1. The lowest BCUT2D eigenvalue weighted by molar-refractivity contribution is -0.131. The van der Waals surface area contributed by atoms with E-state index in [0.29, 0.717) is 38.6 Å². The van der Waals surface area contributed by atoms with Crippen LogP contribution in [0.4, 0.5) is 5.95 Å². The Hall–Kier alpha value is -2.75. The fraction of sp³-hybridized carbons (Fsp3) is 0.526. The fourth-order valence-corrected chi connectivity index (χ4v) is 4.06. The molecule has 0 aliphatic carbocycles. The van der Waals surface area contributed by atoms with Crippen molar-refractivity contribution >= 4 is 29.2 Å². The molecule has 156 valence electrons. The third-order valence-electron chi connectivity index (χ3n) is 4.74. The molecule has 2 aromatic rings. The average molecular weight is 417 g/mol. The number of hydrogen-bond acceptors (Lipinski definition) is 7. The molecule has 3 rings (SSSR count). The highest BCUT2D eigenvalue weighted by Gasteiger charge is 2.22. The number of hydrogen-bond donors (Lipinski definition) is 2. The first-order chi connectivity index (χ1) is 14.1. The second-order valence-corrected chi connectivity index (χ2v) is 8.05. The first-order valence-corrected chi connectivity index (χ1v) is 10.6. The van der Waals surface area contributed by atoms with Crippen LogP contribution >= 0.6 is 11.3 Å². The number of anilines is 1. The van der Waals surface area contributed by atoms with Crippen molar-refractivity contribution in [3.05, 3.63) is 34.0 Å². The van der Waals surface area contributed by atoms with Crippen LogP contribution in [0.15, 0.2) is 23.5 Å². The first-order valence-electron chi connectivity index (χ1n) is 9.74. The highest BCUT2D eigenvalue weighted by Crippen LogP contribution is 2.16. The summed E-state index contributed by atoms with van der Waals surface area (Å²) in [5.41, 5.74) is 1.05. The van der Waals surface area contributed by atoms with Gasteiger partial charge in [-0.25, -0.2) is 15.0 Å². The summed E-state index contributed by atoms with van der Waals surface area (Å²) < 4.78 is 0. The highest BCUT2D eigenvalue weighted by atomic mass is 32.1. The van der Waals surface area contributed by atoms with Gasteiger partial charge >= 0.3 is 0 Å². The number of piperazine rings is 1. The lowest BCUT2D eigenvalue weighted by atomic mass is 10.3. The molecule has 10 heteroatoms. The number of carbonyl (C=O) groups excluding carboxylic acids is 1. The summed E-state index contributed by atoms with van der Waals surface area (Å²) in [5, 5.41) is 7.56. The van der Waals surface area contributed by atoms with Crippen molar-refractivity contribution < 1.29 is 4.79 Å². The number of amides is 1. The molecule has 1 aliphatic heterocycles. The fourth-order valence-electron chi connectivity index (χ4n) is 3.18. The summed E-state index contributed by atoms with van der Waals surface area (Å²) in [4.78, 5) is 34.9. The number of carbonyl (C=O) groups is 1. The Bertz CT molecular complexity index is 830. The van der Waals surface area contributed by atoms with Crippen molar-refractivity contribution in [2.75, 3.05) is 44.7 Å². The number of guanidine groups is 1. The van der Waals surface area contributed by atoms with Gasteiger partial charge in [0, 0.05) is 63.5 Å². The molecule has 0 aromatic carbocycles. The minimum Gasteiger partial charge on any atom is -0.356 e. The van der Waals surface area contributed by atoms with Crippen molar-refractivity contribution in [2.24, 2.45) is 4.99 Å². The molecule has 1 amide bonds. The van der Waals surface area contributed by atoms with Gasteiger partial charge in [-0.1, -0.05) is 0 Å². The topological polar surface area (TPSA) is 98.6 Å². The Morgan fingerprint density at radius 2 is 1.90 bits per heavy atom. The molecule has 0 atom stereocenters. The van der Waals surface area contributed by atoms with Crippen molar-refractivity contribution in [3.8, 4) is 0 Å². The normalized spacial score (nSPS) is 14.8. The van der Waals surface area contributed by atoms with Crippen LogP contribution in [0.25, 0.3) is 0 Å². The zero-order valence-corrected chi connectivity index (χ0v) is 18.0. The number of nitrogens with one attached hydrogen (secondary N) is 2. The van der Waals surface area contributed by atoms with Gasteiger partial charge in [-0.15, -0.1) is 11.3 Å². The molecular weight excluding hydrogens is 388 g/mol. The molecule has 0 saturated carbocycles. The minimum absolute atomic E-state index is 0.149. The van der Waals surface area contributed by atoms with E-state index in [1.54, 1.807) is 36.8 Å². The summed E-state index contributed by atoms with van der Waals surface area (Å²) in [6, 6.07) is 1.80. The van der Waals surface area contributed by atoms with Gasteiger partial charge in [0.1, 0.15) is 0 Å². The number of aryl methyl sites for hydroxylation is 2. The van der Waals surface area contributed by atoms with Gasteiger partial charge in [0.25, 0.3) is 0 Å². The predicted octanol–water partition coefficient (Wildman–Crippen LogP) is 0.954. The molecule has 9 nitrogen and oxygen atoms in total. The van der Waals surface area contributed by atoms with Gasteiger partial charge < -0.3 is 20.4 Å². The molecule has 2 aromatic heterocycles. The molecule has 3 heterocycles. The zero-order valence-electron chi connectivity index (χ0n) is 17.2. The molecule has 0 radical (unpaired) electrons. The molecule has 1 saturated heterocycles. The number of aliphatic imine (C=N–C) groups is 1. The predicted molar refractivity (Wildman–Crippen MR) is 115 cm³/mol. The smallest absolute Gasteiger partial charge is 0.225 e. The lowest BCUT2D eigenvalue weighted by Gasteiger charge is -2.34. The Balaban J connectivity index is 1.37. The monoisotopic (exact) mass is 416 g/mol. The first kappa shape index (κ1) is 21.0. The van der Waals surface area contributed by atoms with E-state index in [9.17, 15) is 4.79 Å². The molecule has 0 unspecified atom stereocenters. The van der Waals surface area contributed by atoms with Gasteiger partial charge in [-0.2, -0.15) is 0 Å². The molecule has 2 N–H and O–H groups in total. The van der Waals surface area contributed by atoms with Gasteiger partial charge in [-0.05, 0) is 19.9 Å². The summed E-state index contributed by atoms with van der Waals surface area (Å²) in [7, 11) is 1.73. The van der Waals surface area contributed by atoms with Crippen molar-refractivity contribution in [2.45, 2.75) is 26.8 Å². The minimum atomic E-state index is 0.149. The summed E-state index contributed by atoms with van der Waals surface area (Å²) >= 11 is 1.68. The maximum atomic E-state index is 12.5. The van der Waals surface area contributed by atoms with E-state index in [1.165, 1.54) is 4.88 Å². The van der Waals surface area contributed by atoms with Crippen molar-refractivity contribution in [1.82, 2.24) is 30.5 Å². The standard InChI is InChI=1S/C19H28N8OS/c1-14-16(29-15(2)25-14)13-24-18(20-3)21-8-5-17(28)26-9-11-27(12-10-26)19-22-6-4-7-23-19/h4,6-7H,5,8-13H2,1-3H3,(H2,20,21,24). The largest absolute Gasteiger partial charge is 0.356 e. The molecule has 29 heavy (non-hydrogen) atoms. The Morgan fingerprint density at radius 1 is 1.17 bits per heavy atom. The number of nitrogens with zero attached hydrogens (tertiary/aromatic N) is 6. The number of rotatable bonds is 6. The van der Waals surface area contributed by atoms with Crippen molar-refractivity contribution in [1.29, 1.82) is 0 Å². The van der Waals surface area contributed by atoms with E-state index in [0.717, 1.165) is 29.7 Å². The highest BCUT2D eigenvalue weighted by molar-refractivity contribution is 7.11. The Labute approximate surface area is 175 Å². The van der Waals surface area contributed by atoms with Crippen LogP contribution < -0.4 is 15.5 Å². The summed E-state index contributed by atoms with van der Waals surface area (Å²) in [6.45, 7) is 8.11. The van der Waals surface area contributed by atoms with E-state index >= 15 is 0 Å². The summed E-state index contributed by atoms with van der Waals surface area (Å²) in [6.07, 6.45) is 3.91. The van der Waals surface area contributed by atoms with Gasteiger partial charge in [-0.3, -0.25) is 9.79 Å². The quantitative estimate of drug-likeness (QED) is 0.534. The molecular formula is C19H28N8OS. The summed E-state index contributed by atoms with van der Waals surface area (Å²) in [5.74, 6) is 1.56. The molecule has 1 fully saturated rings. The van der Waals surface area contributed by atoms with Crippen LogP contribution in [0.1, 0.15) is 22.0 Å².